The first-order valence-corrected chi connectivity index (χ1v) is 32.8. The lowest BCUT2D eigenvalue weighted by Gasteiger charge is -2.40. The number of piperidine rings is 1. The Kier molecular flexibility index (Phi) is 27.9. The van der Waals surface area contributed by atoms with E-state index in [1.165, 1.54) is 94.6 Å². The third-order valence-electron chi connectivity index (χ3n) is 18.4. The number of nitrogens with one attached hydrogen (secondary N) is 3. The number of likely N-dealkylation sites (N-methyl/N-ethyl adjacent to an activating group) is 7. The van der Waals surface area contributed by atoms with E-state index in [1.54, 1.807) is 73.3 Å². The van der Waals surface area contributed by atoms with Crippen LogP contribution in [-0.4, -0.2) is 262 Å². The molecule has 514 valence electrons. The standard InChI is InChI=1S/C68H104N12O13/c1-41(2)35-51-60(85)69-44(7)62(87)78(16)58(43(5)6)61(86)70-49(63(88)79-32-24-19-25-33-79)39-55(82)73(11)45(8)59(84)71-57(46(9)81)68(93)72(10)40-56(83)74(12)53(37-47-27-20-17-21-28-47)65(90)77(15)54(38-48-29-22-18-23-30-48)66(91)76(14)52(36-42(3)4)67(92)80-34-26-31-50(80)64(89)75(51)13/h17-18,20-23,27-30,41-46,49-54,57-58,81H,19,24-26,31-40H2,1-16H3,(H,69,85)(H,70,86)(H,71,84)/t44-,45-,46+,49-,50-,51-,52-,53-,54-,57-,58-/m0/s1. The van der Waals surface area contributed by atoms with E-state index >= 15 is 14.4 Å². The van der Waals surface area contributed by atoms with Gasteiger partial charge in [0, 0.05) is 81.8 Å². The molecule has 0 radical (unpaired) electrons. The predicted molar refractivity (Wildman–Crippen MR) is 350 cm³/mol. The molecule has 11 atom stereocenters. The maximum Gasteiger partial charge on any atom is 0.248 e. The molecular formula is C68H104N12O13. The molecule has 25 nitrogen and oxygen atoms in total. The van der Waals surface area contributed by atoms with Gasteiger partial charge in [-0.15, -0.1) is 0 Å². The summed E-state index contributed by atoms with van der Waals surface area (Å²) in [5.74, 6) is -9.14. The average Bonchev–Trinajstić information content (AvgIpc) is 1.81. The summed E-state index contributed by atoms with van der Waals surface area (Å²) in [4.78, 5) is 188. The summed E-state index contributed by atoms with van der Waals surface area (Å²) in [5.41, 5.74) is 1.34. The van der Waals surface area contributed by atoms with Crippen molar-refractivity contribution in [3.05, 3.63) is 71.8 Å². The number of amides is 12. The molecule has 0 bridgehead atoms. The maximum absolute atomic E-state index is 15.5. The van der Waals surface area contributed by atoms with E-state index in [1.807, 2.05) is 33.8 Å². The second-order valence-electron chi connectivity index (χ2n) is 26.9. The highest BCUT2D eigenvalue weighted by Gasteiger charge is 2.46. The second kappa shape index (κ2) is 34.3. The van der Waals surface area contributed by atoms with Crippen LogP contribution in [0.25, 0.3) is 0 Å². The largest absolute Gasteiger partial charge is 0.391 e. The van der Waals surface area contributed by atoms with Crippen molar-refractivity contribution in [1.29, 1.82) is 0 Å². The normalized spacial score (nSPS) is 26.7. The summed E-state index contributed by atoms with van der Waals surface area (Å²) in [6.45, 7) is 15.2. The first-order valence-electron chi connectivity index (χ1n) is 32.8. The van der Waals surface area contributed by atoms with Crippen molar-refractivity contribution in [3.63, 3.8) is 0 Å². The van der Waals surface area contributed by atoms with Gasteiger partial charge in [-0.05, 0) is 94.6 Å². The minimum absolute atomic E-state index is 0.0151. The van der Waals surface area contributed by atoms with E-state index in [-0.39, 0.29) is 50.5 Å². The summed E-state index contributed by atoms with van der Waals surface area (Å²) < 4.78 is 0. The molecule has 3 aliphatic rings. The van der Waals surface area contributed by atoms with Gasteiger partial charge in [-0.2, -0.15) is 0 Å². The summed E-state index contributed by atoms with van der Waals surface area (Å²) >= 11 is 0. The van der Waals surface area contributed by atoms with Crippen molar-refractivity contribution in [1.82, 2.24) is 60.0 Å². The number of aliphatic hydroxyl groups excluding tert-OH is 1. The van der Waals surface area contributed by atoms with E-state index in [9.17, 15) is 48.3 Å². The average molecular weight is 1300 g/mol. The highest BCUT2D eigenvalue weighted by molar-refractivity contribution is 6.00. The number of rotatable bonds is 11. The molecule has 0 aromatic heterocycles. The molecule has 93 heavy (non-hydrogen) atoms. The van der Waals surface area contributed by atoms with Gasteiger partial charge >= 0.3 is 0 Å². The van der Waals surface area contributed by atoms with Crippen LogP contribution in [0.2, 0.25) is 0 Å². The third-order valence-corrected chi connectivity index (χ3v) is 18.4. The molecule has 12 amide bonds. The molecule has 0 aliphatic carbocycles. The summed E-state index contributed by atoms with van der Waals surface area (Å²) in [6, 6.07) is 5.03. The molecule has 4 N–H and O–H groups in total. The van der Waals surface area contributed by atoms with Crippen molar-refractivity contribution in [2.45, 2.75) is 193 Å². The molecular weight excluding hydrogens is 1190 g/mol. The van der Waals surface area contributed by atoms with Crippen LogP contribution in [0, 0.1) is 17.8 Å². The predicted octanol–water partition coefficient (Wildman–Crippen LogP) is 1.92. The molecule has 3 fully saturated rings. The molecule has 2 aromatic rings. The van der Waals surface area contributed by atoms with Crippen LogP contribution in [-0.2, 0) is 70.4 Å². The quantitative estimate of drug-likeness (QED) is 0.251. The van der Waals surface area contributed by atoms with Gasteiger partial charge in [-0.25, -0.2) is 0 Å². The van der Waals surface area contributed by atoms with Crippen LogP contribution < -0.4 is 16.0 Å². The molecule has 3 saturated heterocycles. The SMILES string of the molecule is CC(C)C[C@H]1C(=O)N2CCC[C@H]2C(=O)N(C)[C@@H](CC(C)C)C(=O)N[C@@H](C)C(=O)N(C)[C@@H](C(C)C)C(=O)N[C@H](C(=O)N2CCCCC2)CC(=O)N(C)[C@@H](C)C(=O)N[C@@H]([C@@H](C)O)C(=O)N(C)CC(=O)N(C)[C@@H](Cc2ccccc2)C(=O)N(C)[C@@H](Cc2ccccc2)C(=O)N1C. The van der Waals surface area contributed by atoms with Crippen LogP contribution in [0.15, 0.2) is 60.7 Å². The third kappa shape index (κ3) is 19.6. The Morgan fingerprint density at radius 3 is 1.53 bits per heavy atom. The topological polar surface area (TPSA) is 290 Å². The van der Waals surface area contributed by atoms with E-state index in [2.05, 4.69) is 16.0 Å². The zero-order chi connectivity index (χ0) is 69.5. The van der Waals surface area contributed by atoms with Crippen molar-refractivity contribution < 1.29 is 62.6 Å². The highest BCUT2D eigenvalue weighted by atomic mass is 16.3. The van der Waals surface area contributed by atoms with Gasteiger partial charge < -0.3 is 65.2 Å². The fraction of sp³-hybridized carbons (Fsp3) is 0.647. The van der Waals surface area contributed by atoms with Crippen molar-refractivity contribution >= 4 is 70.9 Å². The first kappa shape index (κ1) is 75.8. The van der Waals surface area contributed by atoms with Crippen molar-refractivity contribution in [3.8, 4) is 0 Å². The lowest BCUT2D eigenvalue weighted by atomic mass is 9.97. The minimum Gasteiger partial charge on any atom is -0.391 e. The van der Waals surface area contributed by atoms with Gasteiger partial charge in [0.15, 0.2) is 0 Å². The van der Waals surface area contributed by atoms with Crippen LogP contribution in [0.5, 0.6) is 0 Å². The number of likely N-dealkylation sites (tertiary alicyclic amines) is 1. The Bertz CT molecular complexity index is 2960. The summed E-state index contributed by atoms with van der Waals surface area (Å²) in [5, 5.41) is 19.1. The summed E-state index contributed by atoms with van der Waals surface area (Å²) in [6.07, 6.45) is 0.988. The second-order valence-corrected chi connectivity index (χ2v) is 26.9. The van der Waals surface area contributed by atoms with Crippen molar-refractivity contribution in [2.24, 2.45) is 17.8 Å². The monoisotopic (exact) mass is 1300 g/mol. The van der Waals surface area contributed by atoms with Gasteiger partial charge in [0.25, 0.3) is 0 Å². The molecule has 5 rings (SSSR count). The number of carbonyl (C=O) groups is 12. The lowest BCUT2D eigenvalue weighted by molar-refractivity contribution is -0.155. The first-order chi connectivity index (χ1) is 43.7. The van der Waals surface area contributed by atoms with Gasteiger partial charge in [-0.1, -0.05) is 102 Å². The Labute approximate surface area is 549 Å². The Morgan fingerprint density at radius 2 is 1.01 bits per heavy atom. The van der Waals surface area contributed by atoms with Crippen molar-refractivity contribution in [2.75, 3.05) is 75.5 Å². The Balaban J connectivity index is 1.63. The number of benzene rings is 2. The fourth-order valence-electron chi connectivity index (χ4n) is 12.6. The van der Waals surface area contributed by atoms with Crippen LogP contribution in [0.1, 0.15) is 125 Å². The number of hydrogen-bond acceptors (Lipinski definition) is 13. The van der Waals surface area contributed by atoms with Crippen LogP contribution in [0.4, 0.5) is 0 Å². The zero-order valence-electron chi connectivity index (χ0n) is 57.6. The highest BCUT2D eigenvalue weighted by Crippen LogP contribution is 2.28. The Hall–Kier alpha value is -7.96. The van der Waals surface area contributed by atoms with Gasteiger partial charge in [0.2, 0.25) is 70.9 Å². The van der Waals surface area contributed by atoms with E-state index in [0.717, 1.165) is 21.1 Å². The smallest absolute Gasteiger partial charge is 0.248 e. The number of fused-ring (bicyclic) bond motifs is 1. The number of aliphatic hydroxyl groups is 1. The molecule has 3 heterocycles. The van der Waals surface area contributed by atoms with Crippen LogP contribution in [0.3, 0.4) is 0 Å². The van der Waals surface area contributed by atoms with E-state index < -0.39 is 156 Å². The van der Waals surface area contributed by atoms with Crippen LogP contribution >= 0.6 is 0 Å². The number of carbonyl (C=O) groups excluding carboxylic acids is 12. The van der Waals surface area contributed by atoms with E-state index in [0.29, 0.717) is 43.5 Å². The number of hydrogen-bond donors (Lipinski definition) is 4. The molecule has 0 saturated carbocycles. The Morgan fingerprint density at radius 1 is 0.505 bits per heavy atom. The molecule has 0 unspecified atom stereocenters. The molecule has 2 aromatic carbocycles. The molecule has 3 aliphatic heterocycles. The molecule has 0 spiro atoms. The van der Waals surface area contributed by atoms with Gasteiger partial charge in [-0.3, -0.25) is 57.5 Å². The summed E-state index contributed by atoms with van der Waals surface area (Å²) in [7, 11) is 9.81. The fourth-order valence-corrected chi connectivity index (χ4v) is 12.6. The molecule has 25 heteroatoms. The zero-order valence-corrected chi connectivity index (χ0v) is 57.6. The maximum atomic E-state index is 15.5. The minimum atomic E-state index is -1.66. The lowest BCUT2D eigenvalue weighted by Crippen LogP contribution is -2.61. The van der Waals surface area contributed by atoms with Gasteiger partial charge in [0.05, 0.1) is 19.1 Å². The van der Waals surface area contributed by atoms with Gasteiger partial charge in [0.1, 0.15) is 60.4 Å². The number of nitrogens with zero attached hydrogens (tertiary/aromatic N) is 9. The van der Waals surface area contributed by atoms with E-state index in [4.69, 9.17) is 0 Å².